The molecule has 0 aliphatic heterocycles. The smallest absolute Gasteiger partial charge is 0.253 e. The third kappa shape index (κ3) is 3.78. The maximum Gasteiger partial charge on any atom is 0.253 e. The molecule has 2 aromatic heterocycles. The summed E-state index contributed by atoms with van der Waals surface area (Å²) in [5.41, 5.74) is 7.01. The molecule has 4 aromatic rings. The molecule has 28 heavy (non-hydrogen) atoms. The van der Waals surface area contributed by atoms with E-state index in [9.17, 15) is 4.79 Å². The zero-order valence-electron chi connectivity index (χ0n) is 16.0. The van der Waals surface area contributed by atoms with Gasteiger partial charge in [0.1, 0.15) is 0 Å². The van der Waals surface area contributed by atoms with E-state index < -0.39 is 0 Å². The van der Waals surface area contributed by atoms with Crippen LogP contribution >= 0.6 is 0 Å². The molecule has 0 bridgehead atoms. The SMILES string of the molecule is Cc1ccc2n[nH]c(CNC(=O)c3cncc(Cc4ccccc4C)c3)c2c1. The van der Waals surface area contributed by atoms with Gasteiger partial charge >= 0.3 is 0 Å². The van der Waals surface area contributed by atoms with Crippen molar-refractivity contribution in [2.45, 2.75) is 26.8 Å². The summed E-state index contributed by atoms with van der Waals surface area (Å²) in [6, 6.07) is 16.2. The Morgan fingerprint density at radius 3 is 2.79 bits per heavy atom. The highest BCUT2D eigenvalue weighted by molar-refractivity contribution is 5.94. The molecule has 5 nitrogen and oxygen atoms in total. The number of fused-ring (bicyclic) bond motifs is 1. The molecule has 0 aliphatic carbocycles. The lowest BCUT2D eigenvalue weighted by atomic mass is 10.0. The summed E-state index contributed by atoms with van der Waals surface area (Å²) in [4.78, 5) is 16.9. The van der Waals surface area contributed by atoms with E-state index in [1.165, 1.54) is 11.1 Å². The molecular formula is C23H22N4O. The number of rotatable bonds is 5. The number of hydrogen-bond donors (Lipinski definition) is 2. The standard InChI is InChI=1S/C23H22N4O/c1-15-7-8-21-20(9-15)22(27-26-21)14-25-23(28)19-11-17(12-24-13-19)10-18-6-4-3-5-16(18)2/h3-9,11-13H,10,14H2,1-2H3,(H,25,28)(H,26,27). The van der Waals surface area contributed by atoms with Gasteiger partial charge in [-0.25, -0.2) is 0 Å². The highest BCUT2D eigenvalue weighted by atomic mass is 16.1. The topological polar surface area (TPSA) is 70.7 Å². The van der Waals surface area contributed by atoms with Crippen molar-refractivity contribution in [1.29, 1.82) is 0 Å². The average molecular weight is 370 g/mol. The van der Waals surface area contributed by atoms with Gasteiger partial charge in [-0.3, -0.25) is 14.9 Å². The fourth-order valence-electron chi connectivity index (χ4n) is 3.32. The first-order valence-corrected chi connectivity index (χ1v) is 9.30. The maximum absolute atomic E-state index is 12.6. The zero-order chi connectivity index (χ0) is 19.5. The summed E-state index contributed by atoms with van der Waals surface area (Å²) in [7, 11) is 0. The Morgan fingerprint density at radius 2 is 1.93 bits per heavy atom. The summed E-state index contributed by atoms with van der Waals surface area (Å²) in [5.74, 6) is -0.144. The second kappa shape index (κ2) is 7.64. The maximum atomic E-state index is 12.6. The second-order valence-corrected chi connectivity index (χ2v) is 7.09. The molecule has 0 atom stereocenters. The van der Waals surface area contributed by atoms with E-state index in [0.29, 0.717) is 12.1 Å². The summed E-state index contributed by atoms with van der Waals surface area (Å²) in [6.45, 7) is 4.52. The normalized spacial score (nSPS) is 10.9. The number of nitrogens with one attached hydrogen (secondary N) is 2. The van der Waals surface area contributed by atoms with Gasteiger partial charge in [0.15, 0.2) is 0 Å². The van der Waals surface area contributed by atoms with Gasteiger partial charge in [-0.15, -0.1) is 0 Å². The van der Waals surface area contributed by atoms with Crippen molar-refractivity contribution in [2.75, 3.05) is 0 Å². The predicted molar refractivity (Wildman–Crippen MR) is 110 cm³/mol. The first-order chi connectivity index (χ1) is 13.6. The van der Waals surface area contributed by atoms with Gasteiger partial charge in [0.05, 0.1) is 23.3 Å². The number of pyridine rings is 1. The van der Waals surface area contributed by atoms with Crippen LogP contribution in [0.25, 0.3) is 10.9 Å². The number of aryl methyl sites for hydroxylation is 2. The lowest BCUT2D eigenvalue weighted by molar-refractivity contribution is 0.0950. The van der Waals surface area contributed by atoms with Crippen LogP contribution in [-0.2, 0) is 13.0 Å². The van der Waals surface area contributed by atoms with Gasteiger partial charge in [-0.2, -0.15) is 5.10 Å². The van der Waals surface area contributed by atoms with Crippen LogP contribution in [0.1, 0.15) is 38.3 Å². The Labute approximate surface area is 163 Å². The summed E-state index contributed by atoms with van der Waals surface area (Å²) < 4.78 is 0. The number of nitrogens with zero attached hydrogens (tertiary/aromatic N) is 2. The number of H-pyrrole nitrogens is 1. The van der Waals surface area contributed by atoms with E-state index >= 15 is 0 Å². The van der Waals surface area contributed by atoms with Crippen molar-refractivity contribution >= 4 is 16.8 Å². The Kier molecular flexibility index (Phi) is 4.89. The first kappa shape index (κ1) is 17.9. The minimum Gasteiger partial charge on any atom is -0.346 e. The van der Waals surface area contributed by atoms with Gasteiger partial charge in [0.25, 0.3) is 5.91 Å². The highest BCUT2D eigenvalue weighted by Crippen LogP contribution is 2.18. The van der Waals surface area contributed by atoms with Crippen LogP contribution in [0.5, 0.6) is 0 Å². The van der Waals surface area contributed by atoms with E-state index in [2.05, 4.69) is 45.6 Å². The molecule has 0 unspecified atom stereocenters. The number of aromatic amines is 1. The molecule has 0 spiro atoms. The second-order valence-electron chi connectivity index (χ2n) is 7.09. The van der Waals surface area contributed by atoms with Gasteiger partial charge < -0.3 is 5.32 Å². The first-order valence-electron chi connectivity index (χ1n) is 9.30. The van der Waals surface area contributed by atoms with Crippen molar-refractivity contribution in [1.82, 2.24) is 20.5 Å². The quantitative estimate of drug-likeness (QED) is 0.556. The molecule has 0 saturated carbocycles. The molecule has 140 valence electrons. The van der Waals surface area contributed by atoms with Crippen molar-refractivity contribution in [3.63, 3.8) is 0 Å². The molecule has 4 rings (SSSR count). The van der Waals surface area contributed by atoms with Gasteiger partial charge in [-0.1, -0.05) is 35.9 Å². The van der Waals surface area contributed by atoms with E-state index in [1.54, 1.807) is 6.20 Å². The average Bonchev–Trinajstić information content (AvgIpc) is 3.10. The lowest BCUT2D eigenvalue weighted by Gasteiger charge is -2.08. The van der Waals surface area contributed by atoms with Crippen LogP contribution in [0.3, 0.4) is 0 Å². The van der Waals surface area contributed by atoms with Crippen LogP contribution < -0.4 is 5.32 Å². The molecule has 0 aliphatic rings. The van der Waals surface area contributed by atoms with Crippen LogP contribution in [0.15, 0.2) is 60.9 Å². The van der Waals surface area contributed by atoms with Crippen molar-refractivity contribution in [2.24, 2.45) is 0 Å². The molecule has 2 heterocycles. The third-order valence-corrected chi connectivity index (χ3v) is 4.93. The van der Waals surface area contributed by atoms with E-state index in [0.717, 1.165) is 34.1 Å². The van der Waals surface area contributed by atoms with Crippen LogP contribution in [-0.4, -0.2) is 21.1 Å². The molecule has 0 fully saturated rings. The predicted octanol–water partition coefficient (Wildman–Crippen LogP) is 4.10. The number of carbonyl (C=O) groups is 1. The fourth-order valence-corrected chi connectivity index (χ4v) is 3.32. The zero-order valence-corrected chi connectivity index (χ0v) is 16.0. The lowest BCUT2D eigenvalue weighted by Crippen LogP contribution is -2.23. The minimum absolute atomic E-state index is 0.144. The molecular weight excluding hydrogens is 348 g/mol. The van der Waals surface area contributed by atoms with Crippen molar-refractivity contribution in [3.8, 4) is 0 Å². The summed E-state index contributed by atoms with van der Waals surface area (Å²) in [5, 5.41) is 11.3. The number of hydrogen-bond acceptors (Lipinski definition) is 3. The Bertz CT molecular complexity index is 1150. The molecule has 0 saturated heterocycles. The number of amides is 1. The highest BCUT2D eigenvalue weighted by Gasteiger charge is 2.11. The van der Waals surface area contributed by atoms with Crippen molar-refractivity contribution < 1.29 is 4.79 Å². The van der Waals surface area contributed by atoms with E-state index in [1.807, 2.05) is 43.5 Å². The van der Waals surface area contributed by atoms with E-state index in [-0.39, 0.29) is 5.91 Å². The van der Waals surface area contributed by atoms with Gasteiger partial charge in [0.2, 0.25) is 0 Å². The van der Waals surface area contributed by atoms with Gasteiger partial charge in [0, 0.05) is 17.8 Å². The van der Waals surface area contributed by atoms with Crippen LogP contribution in [0, 0.1) is 13.8 Å². The van der Waals surface area contributed by atoms with Crippen LogP contribution in [0.2, 0.25) is 0 Å². The van der Waals surface area contributed by atoms with Crippen molar-refractivity contribution in [3.05, 3.63) is 94.4 Å². The summed E-state index contributed by atoms with van der Waals surface area (Å²) >= 11 is 0. The molecule has 2 aromatic carbocycles. The fraction of sp³-hybridized carbons (Fsp3) is 0.174. The van der Waals surface area contributed by atoms with Crippen LogP contribution in [0.4, 0.5) is 0 Å². The largest absolute Gasteiger partial charge is 0.346 e. The third-order valence-electron chi connectivity index (χ3n) is 4.93. The number of carbonyl (C=O) groups excluding carboxylic acids is 1. The Hall–Kier alpha value is -3.47. The number of aromatic nitrogens is 3. The molecule has 1 amide bonds. The minimum atomic E-state index is -0.144. The molecule has 2 N–H and O–H groups in total. The Balaban J connectivity index is 1.47. The Morgan fingerprint density at radius 1 is 1.07 bits per heavy atom. The summed E-state index contributed by atoms with van der Waals surface area (Å²) in [6.07, 6.45) is 4.17. The van der Waals surface area contributed by atoms with Gasteiger partial charge in [-0.05, 0) is 55.2 Å². The van der Waals surface area contributed by atoms with E-state index in [4.69, 9.17) is 0 Å². The monoisotopic (exact) mass is 370 g/mol. The molecule has 5 heteroatoms. The molecule has 0 radical (unpaired) electrons. The number of benzene rings is 2.